The zero-order valence-corrected chi connectivity index (χ0v) is 21.1. The first-order valence-electron chi connectivity index (χ1n) is 10.9. The number of aliphatic hydroxyl groups is 6. The van der Waals surface area contributed by atoms with Crippen LogP contribution in [0.5, 0.6) is 0 Å². The summed E-state index contributed by atoms with van der Waals surface area (Å²) in [6.45, 7) is -1.89. The lowest BCUT2D eigenvalue weighted by Crippen LogP contribution is -2.58. The molecular weight excluding hydrogens is 580 g/mol. The highest BCUT2D eigenvalue weighted by molar-refractivity contribution is 7.61. The second-order valence-corrected chi connectivity index (χ2v) is 11.4. The molecular formula is C16H25N5O16P2. The molecule has 2 aliphatic heterocycles. The van der Waals surface area contributed by atoms with Crippen LogP contribution in [0.1, 0.15) is 6.23 Å². The molecule has 0 saturated carbocycles. The van der Waals surface area contributed by atoms with Gasteiger partial charge in [-0.05, 0) is 0 Å². The van der Waals surface area contributed by atoms with Gasteiger partial charge in [-0.3, -0.25) is 23.4 Å². The first-order valence-corrected chi connectivity index (χ1v) is 13.9. The van der Waals surface area contributed by atoms with Crippen molar-refractivity contribution in [3.63, 3.8) is 0 Å². The molecule has 11 atom stereocenters. The van der Waals surface area contributed by atoms with Crippen molar-refractivity contribution in [1.29, 1.82) is 0 Å². The molecule has 4 rings (SSSR count). The maximum absolute atomic E-state index is 12.3. The van der Waals surface area contributed by atoms with Crippen molar-refractivity contribution in [2.24, 2.45) is 0 Å². The number of H-pyrrole nitrogens is 1. The summed E-state index contributed by atoms with van der Waals surface area (Å²) in [6.07, 6.45) is -15.0. The largest absolute Gasteiger partial charge is 0.483 e. The van der Waals surface area contributed by atoms with Gasteiger partial charge in [-0.2, -0.15) is 9.29 Å². The van der Waals surface area contributed by atoms with Gasteiger partial charge in [-0.15, -0.1) is 0 Å². The number of hydrogen-bond donors (Lipinski definition) is 10. The predicted molar refractivity (Wildman–Crippen MR) is 120 cm³/mol. The molecule has 11 N–H and O–H groups in total. The van der Waals surface area contributed by atoms with Crippen molar-refractivity contribution in [3.05, 3.63) is 16.7 Å². The summed E-state index contributed by atoms with van der Waals surface area (Å²) in [5.41, 5.74) is 4.54. The highest BCUT2D eigenvalue weighted by Gasteiger charge is 2.49. The smallest absolute Gasteiger partial charge is 0.394 e. The Kier molecular flexibility index (Phi) is 8.60. The normalized spacial score (nSPS) is 36.6. The van der Waals surface area contributed by atoms with Crippen LogP contribution in [0.15, 0.2) is 11.1 Å². The zero-order chi connectivity index (χ0) is 28.9. The molecule has 220 valence electrons. The topological polar surface area (TPSA) is 332 Å². The SMILES string of the molecule is Nc1nc2c(ncn2[C@@H]2O[C@H](COP(=O)(O)OP(=O)(O)OC3O[C@H](CO)C(O)C(O)C3O)[C@@H](O)[C@H]2O)c(=O)[nH]1. The molecule has 23 heteroatoms. The van der Waals surface area contributed by atoms with Crippen molar-refractivity contribution in [1.82, 2.24) is 19.5 Å². The van der Waals surface area contributed by atoms with Gasteiger partial charge in [-0.1, -0.05) is 0 Å². The van der Waals surface area contributed by atoms with Crippen LogP contribution in [0.25, 0.3) is 11.2 Å². The van der Waals surface area contributed by atoms with Crippen LogP contribution < -0.4 is 11.3 Å². The summed E-state index contributed by atoms with van der Waals surface area (Å²) in [5.74, 6) is -0.278. The Bertz CT molecular complexity index is 1340. The molecule has 2 fully saturated rings. The third-order valence-electron chi connectivity index (χ3n) is 5.76. The Balaban J connectivity index is 1.39. The lowest BCUT2D eigenvalue weighted by atomic mass is 10.00. The Morgan fingerprint density at radius 3 is 2.33 bits per heavy atom. The number of ether oxygens (including phenoxy) is 2. The van der Waals surface area contributed by atoms with Crippen LogP contribution in [0, 0.1) is 0 Å². The van der Waals surface area contributed by atoms with E-state index < -0.39 is 89.7 Å². The van der Waals surface area contributed by atoms with Crippen LogP contribution in [0.2, 0.25) is 0 Å². The van der Waals surface area contributed by atoms with Gasteiger partial charge in [0.2, 0.25) is 5.95 Å². The lowest BCUT2D eigenvalue weighted by molar-refractivity contribution is -0.280. The average Bonchev–Trinajstić information content (AvgIpc) is 3.38. The number of aromatic amines is 1. The van der Waals surface area contributed by atoms with Crippen molar-refractivity contribution < 1.29 is 72.4 Å². The number of phosphoric ester groups is 2. The third kappa shape index (κ3) is 6.22. The van der Waals surface area contributed by atoms with Crippen molar-refractivity contribution in [2.75, 3.05) is 18.9 Å². The van der Waals surface area contributed by atoms with Crippen LogP contribution in [0.3, 0.4) is 0 Å². The van der Waals surface area contributed by atoms with Gasteiger partial charge in [0, 0.05) is 0 Å². The van der Waals surface area contributed by atoms with E-state index in [9.17, 15) is 49.2 Å². The Hall–Kier alpha value is -1.91. The molecule has 0 bridgehead atoms. The fourth-order valence-corrected chi connectivity index (χ4v) is 6.01. The molecule has 39 heavy (non-hydrogen) atoms. The highest BCUT2D eigenvalue weighted by atomic mass is 31.3. The minimum atomic E-state index is -5.60. The number of nitrogen functional groups attached to an aromatic ring is 1. The monoisotopic (exact) mass is 605 g/mol. The first kappa shape index (κ1) is 30.1. The number of rotatable bonds is 9. The number of nitrogens with zero attached hydrogens (tertiary/aromatic N) is 3. The maximum Gasteiger partial charge on any atom is 0.483 e. The summed E-state index contributed by atoms with van der Waals surface area (Å²) >= 11 is 0. The van der Waals surface area contributed by atoms with Gasteiger partial charge >= 0.3 is 15.6 Å². The summed E-state index contributed by atoms with van der Waals surface area (Å²) in [4.78, 5) is 41.7. The van der Waals surface area contributed by atoms with E-state index in [1.807, 2.05) is 0 Å². The molecule has 0 aromatic carbocycles. The number of nitrogens with one attached hydrogen (secondary N) is 1. The van der Waals surface area contributed by atoms with E-state index in [0.717, 1.165) is 10.9 Å². The van der Waals surface area contributed by atoms with Gasteiger partial charge < -0.3 is 55.6 Å². The van der Waals surface area contributed by atoms with E-state index in [2.05, 4.69) is 28.3 Å². The number of aromatic nitrogens is 4. The third-order valence-corrected chi connectivity index (χ3v) is 8.36. The molecule has 21 nitrogen and oxygen atoms in total. The Morgan fingerprint density at radius 1 is 1.00 bits per heavy atom. The second kappa shape index (κ2) is 11.2. The summed E-state index contributed by atoms with van der Waals surface area (Å²) < 4.78 is 49.1. The fraction of sp³-hybridized carbons (Fsp3) is 0.688. The quantitative estimate of drug-likeness (QED) is 0.120. The number of hydrogen-bond acceptors (Lipinski definition) is 17. The number of nitrogens with two attached hydrogens (primary N) is 1. The van der Waals surface area contributed by atoms with Gasteiger partial charge in [0.15, 0.2) is 23.7 Å². The number of fused-ring (bicyclic) bond motifs is 1. The molecule has 2 aromatic heterocycles. The predicted octanol–water partition coefficient (Wildman–Crippen LogP) is -4.63. The number of aliphatic hydroxyl groups excluding tert-OH is 6. The van der Waals surface area contributed by atoms with E-state index in [1.165, 1.54) is 0 Å². The van der Waals surface area contributed by atoms with Crippen LogP contribution in [-0.2, 0) is 32.0 Å². The molecule has 0 radical (unpaired) electrons. The number of imidazole rings is 1. The summed E-state index contributed by atoms with van der Waals surface area (Å²) in [5, 5.41) is 59.2. The molecule has 6 unspecified atom stereocenters. The first-order chi connectivity index (χ1) is 18.1. The number of phosphoric acid groups is 2. The summed E-state index contributed by atoms with van der Waals surface area (Å²) in [7, 11) is -11.1. The molecule has 2 saturated heterocycles. The van der Waals surface area contributed by atoms with Gasteiger partial charge in [0.05, 0.1) is 19.5 Å². The summed E-state index contributed by atoms with van der Waals surface area (Å²) in [6, 6.07) is 0. The Labute approximate surface area is 216 Å². The van der Waals surface area contributed by atoms with E-state index in [1.54, 1.807) is 0 Å². The van der Waals surface area contributed by atoms with Crippen LogP contribution >= 0.6 is 15.6 Å². The van der Waals surface area contributed by atoms with Crippen LogP contribution in [0.4, 0.5) is 5.95 Å². The van der Waals surface area contributed by atoms with Crippen molar-refractivity contribution in [2.45, 2.75) is 55.2 Å². The molecule has 2 aromatic rings. The Morgan fingerprint density at radius 2 is 1.67 bits per heavy atom. The standard InChI is InChI=1S/C16H25N5O16P2/c17-16-19-12-6(13(28)20-16)18-3-21(12)14-10(26)8(24)5(34-14)2-33-38(29,30)37-39(31,32)36-15-11(27)9(25)7(23)4(1-22)35-15/h3-5,7-11,14-15,22-27H,1-2H2,(H,29,30)(H,31,32)(H3,17,19,20,28)/t4-,5-,7?,8-,9?,10-,11?,14-,15?/m1/s1. The average molecular weight is 605 g/mol. The second-order valence-electron chi connectivity index (χ2n) is 8.44. The van der Waals surface area contributed by atoms with Crippen molar-refractivity contribution >= 4 is 32.8 Å². The van der Waals surface area contributed by atoms with Crippen molar-refractivity contribution in [3.8, 4) is 0 Å². The highest BCUT2D eigenvalue weighted by Crippen LogP contribution is 2.61. The van der Waals surface area contributed by atoms with Gasteiger partial charge in [0.25, 0.3) is 5.56 Å². The molecule has 0 aliphatic carbocycles. The molecule has 2 aliphatic rings. The van der Waals surface area contributed by atoms with Gasteiger partial charge in [0.1, 0.15) is 42.7 Å². The number of anilines is 1. The van der Waals surface area contributed by atoms with E-state index >= 15 is 0 Å². The molecule has 0 amide bonds. The van der Waals surface area contributed by atoms with E-state index in [-0.39, 0.29) is 17.1 Å². The zero-order valence-electron chi connectivity index (χ0n) is 19.3. The minimum absolute atomic E-state index is 0.114. The lowest BCUT2D eigenvalue weighted by Gasteiger charge is -2.39. The van der Waals surface area contributed by atoms with Gasteiger partial charge in [-0.25, -0.2) is 14.1 Å². The molecule has 0 spiro atoms. The van der Waals surface area contributed by atoms with E-state index in [0.29, 0.717) is 0 Å². The maximum atomic E-state index is 12.3. The fourth-order valence-electron chi connectivity index (χ4n) is 3.85. The minimum Gasteiger partial charge on any atom is -0.394 e. The van der Waals surface area contributed by atoms with Crippen LogP contribution in [-0.4, -0.2) is 122 Å². The molecule has 4 heterocycles. The van der Waals surface area contributed by atoms with E-state index in [4.69, 9.17) is 20.3 Å².